The molecule has 0 saturated heterocycles. The lowest BCUT2D eigenvalue weighted by molar-refractivity contribution is 0.280. The zero-order valence-corrected chi connectivity index (χ0v) is 10.0. The number of nitrogens with zero attached hydrogens (tertiary/aromatic N) is 1. The van der Waals surface area contributed by atoms with Gasteiger partial charge in [-0.15, -0.1) is 0 Å². The average molecular weight is 231 g/mol. The number of rotatable bonds is 5. The Balaban J connectivity index is 2.12. The first kappa shape index (κ1) is 11.9. The quantitative estimate of drug-likeness (QED) is 0.860. The van der Waals surface area contributed by atoms with Crippen LogP contribution in [0.2, 0.25) is 0 Å². The van der Waals surface area contributed by atoms with Crippen LogP contribution >= 0.6 is 0 Å². The van der Waals surface area contributed by atoms with E-state index in [9.17, 15) is 0 Å². The van der Waals surface area contributed by atoms with Crippen molar-refractivity contribution in [3.05, 3.63) is 41.7 Å². The van der Waals surface area contributed by atoms with Crippen molar-refractivity contribution in [2.45, 2.75) is 26.2 Å². The van der Waals surface area contributed by atoms with Crippen LogP contribution in [-0.4, -0.2) is 16.9 Å². The van der Waals surface area contributed by atoms with E-state index < -0.39 is 0 Å². The van der Waals surface area contributed by atoms with Crippen LogP contribution in [0.4, 0.5) is 0 Å². The summed E-state index contributed by atoms with van der Waals surface area (Å²) in [7, 11) is 0. The van der Waals surface area contributed by atoms with E-state index in [1.807, 2.05) is 6.07 Å². The Bertz CT molecular complexity index is 459. The van der Waals surface area contributed by atoms with Crippen LogP contribution in [-0.2, 0) is 12.8 Å². The second-order valence-electron chi connectivity index (χ2n) is 4.06. The summed E-state index contributed by atoms with van der Waals surface area (Å²) < 4.78 is 5.22. The van der Waals surface area contributed by atoms with Crippen molar-refractivity contribution in [1.82, 2.24) is 5.16 Å². The minimum atomic E-state index is 0.182. The molecular weight excluding hydrogens is 214 g/mol. The van der Waals surface area contributed by atoms with Crippen molar-refractivity contribution >= 4 is 0 Å². The van der Waals surface area contributed by atoms with Crippen LogP contribution in [0.5, 0.6) is 0 Å². The molecule has 0 aliphatic heterocycles. The molecule has 0 aliphatic rings. The standard InChI is InChI=1S/C14H17NO2/c1-2-11-5-7-12(8-6-11)14-10-13(17-15-14)4-3-9-16/h5-8,10,16H,2-4,9H2,1H3. The van der Waals surface area contributed by atoms with Crippen molar-refractivity contribution in [2.24, 2.45) is 0 Å². The molecule has 2 rings (SSSR count). The van der Waals surface area contributed by atoms with Gasteiger partial charge in [0.1, 0.15) is 11.5 Å². The molecule has 3 heteroatoms. The van der Waals surface area contributed by atoms with E-state index in [4.69, 9.17) is 9.63 Å². The van der Waals surface area contributed by atoms with Crippen LogP contribution in [0.15, 0.2) is 34.9 Å². The van der Waals surface area contributed by atoms with Crippen molar-refractivity contribution in [3.63, 3.8) is 0 Å². The first-order chi connectivity index (χ1) is 8.33. The second kappa shape index (κ2) is 5.64. The molecule has 1 aromatic carbocycles. The van der Waals surface area contributed by atoms with E-state index >= 15 is 0 Å². The summed E-state index contributed by atoms with van der Waals surface area (Å²) >= 11 is 0. The number of aryl methyl sites for hydroxylation is 2. The summed E-state index contributed by atoms with van der Waals surface area (Å²) in [5.74, 6) is 0.827. The summed E-state index contributed by atoms with van der Waals surface area (Å²) in [6.07, 6.45) is 2.49. The van der Waals surface area contributed by atoms with Gasteiger partial charge in [0.2, 0.25) is 0 Å². The molecule has 0 bridgehead atoms. The number of benzene rings is 1. The van der Waals surface area contributed by atoms with E-state index in [1.165, 1.54) is 5.56 Å². The smallest absolute Gasteiger partial charge is 0.137 e. The molecule has 0 aliphatic carbocycles. The summed E-state index contributed by atoms with van der Waals surface area (Å²) in [5, 5.41) is 12.8. The third-order valence-electron chi connectivity index (χ3n) is 2.80. The van der Waals surface area contributed by atoms with Gasteiger partial charge in [-0.05, 0) is 18.4 Å². The SMILES string of the molecule is CCc1ccc(-c2cc(CCCO)on2)cc1. The highest BCUT2D eigenvalue weighted by atomic mass is 16.5. The average Bonchev–Trinajstić information content (AvgIpc) is 2.85. The van der Waals surface area contributed by atoms with Gasteiger partial charge in [-0.3, -0.25) is 0 Å². The molecule has 90 valence electrons. The number of aromatic nitrogens is 1. The highest BCUT2D eigenvalue weighted by molar-refractivity contribution is 5.59. The molecule has 1 aromatic heterocycles. The summed E-state index contributed by atoms with van der Waals surface area (Å²) in [4.78, 5) is 0. The maximum atomic E-state index is 8.75. The maximum Gasteiger partial charge on any atom is 0.137 e. The number of hydrogen-bond donors (Lipinski definition) is 1. The van der Waals surface area contributed by atoms with Gasteiger partial charge < -0.3 is 9.63 Å². The zero-order chi connectivity index (χ0) is 12.1. The molecule has 2 aromatic rings. The van der Waals surface area contributed by atoms with E-state index in [1.54, 1.807) is 0 Å². The van der Waals surface area contributed by atoms with E-state index in [-0.39, 0.29) is 6.61 Å². The number of aliphatic hydroxyl groups is 1. The Morgan fingerprint density at radius 1 is 1.24 bits per heavy atom. The molecule has 3 nitrogen and oxygen atoms in total. The third kappa shape index (κ3) is 2.94. The Morgan fingerprint density at radius 2 is 2.00 bits per heavy atom. The highest BCUT2D eigenvalue weighted by Gasteiger charge is 2.06. The molecule has 0 amide bonds. The van der Waals surface area contributed by atoms with Crippen LogP contribution in [0.3, 0.4) is 0 Å². The van der Waals surface area contributed by atoms with Crippen molar-refractivity contribution in [1.29, 1.82) is 0 Å². The molecular formula is C14H17NO2. The van der Waals surface area contributed by atoms with Gasteiger partial charge in [-0.25, -0.2) is 0 Å². The monoisotopic (exact) mass is 231 g/mol. The highest BCUT2D eigenvalue weighted by Crippen LogP contribution is 2.20. The second-order valence-corrected chi connectivity index (χ2v) is 4.06. The fourth-order valence-corrected chi connectivity index (χ4v) is 1.73. The lowest BCUT2D eigenvalue weighted by Crippen LogP contribution is -1.86. The van der Waals surface area contributed by atoms with Crippen molar-refractivity contribution < 1.29 is 9.63 Å². The van der Waals surface area contributed by atoms with Crippen LogP contribution in [0.1, 0.15) is 24.7 Å². The summed E-state index contributed by atoms with van der Waals surface area (Å²) in [6, 6.07) is 10.3. The Morgan fingerprint density at radius 3 is 2.65 bits per heavy atom. The molecule has 1 heterocycles. The summed E-state index contributed by atoms with van der Waals surface area (Å²) in [6.45, 7) is 2.32. The number of hydrogen-bond acceptors (Lipinski definition) is 3. The maximum absolute atomic E-state index is 8.75. The van der Waals surface area contributed by atoms with E-state index in [0.717, 1.165) is 29.9 Å². The molecule has 1 N–H and O–H groups in total. The topological polar surface area (TPSA) is 46.3 Å². The fraction of sp³-hybridized carbons (Fsp3) is 0.357. The van der Waals surface area contributed by atoms with Gasteiger partial charge in [-0.2, -0.15) is 0 Å². The van der Waals surface area contributed by atoms with Gasteiger partial charge in [0.05, 0.1) is 0 Å². The van der Waals surface area contributed by atoms with Gasteiger partial charge >= 0.3 is 0 Å². The summed E-state index contributed by atoms with van der Waals surface area (Å²) in [5.41, 5.74) is 3.25. The van der Waals surface area contributed by atoms with Crippen LogP contribution < -0.4 is 0 Å². The Kier molecular flexibility index (Phi) is 3.94. The van der Waals surface area contributed by atoms with Gasteiger partial charge in [0.15, 0.2) is 0 Å². The Labute approximate surface area is 101 Å². The van der Waals surface area contributed by atoms with Crippen LogP contribution in [0, 0.1) is 0 Å². The normalized spacial score (nSPS) is 10.7. The molecule has 0 fully saturated rings. The molecule has 0 saturated carbocycles. The first-order valence-electron chi connectivity index (χ1n) is 5.99. The lowest BCUT2D eigenvalue weighted by atomic mass is 10.1. The molecule has 0 radical (unpaired) electrons. The molecule has 0 atom stereocenters. The van der Waals surface area contributed by atoms with Crippen molar-refractivity contribution in [2.75, 3.05) is 6.61 Å². The van der Waals surface area contributed by atoms with Crippen molar-refractivity contribution in [3.8, 4) is 11.3 Å². The van der Waals surface area contributed by atoms with Gasteiger partial charge in [0.25, 0.3) is 0 Å². The van der Waals surface area contributed by atoms with Crippen LogP contribution in [0.25, 0.3) is 11.3 Å². The Hall–Kier alpha value is -1.61. The molecule has 0 spiro atoms. The van der Waals surface area contributed by atoms with E-state index in [2.05, 4.69) is 36.3 Å². The number of aliphatic hydroxyl groups excluding tert-OH is 1. The lowest BCUT2D eigenvalue weighted by Gasteiger charge is -1.97. The predicted octanol–water partition coefficient (Wildman–Crippen LogP) is 2.83. The zero-order valence-electron chi connectivity index (χ0n) is 10.0. The van der Waals surface area contributed by atoms with E-state index in [0.29, 0.717) is 6.42 Å². The van der Waals surface area contributed by atoms with Gasteiger partial charge in [-0.1, -0.05) is 36.3 Å². The predicted molar refractivity (Wildman–Crippen MR) is 66.7 cm³/mol. The first-order valence-corrected chi connectivity index (χ1v) is 5.99. The van der Waals surface area contributed by atoms with Gasteiger partial charge in [0, 0.05) is 24.7 Å². The molecule has 0 unspecified atom stereocenters. The largest absolute Gasteiger partial charge is 0.396 e. The fourth-order valence-electron chi connectivity index (χ4n) is 1.73. The third-order valence-corrected chi connectivity index (χ3v) is 2.80. The minimum Gasteiger partial charge on any atom is -0.396 e. The minimum absolute atomic E-state index is 0.182. The molecule has 17 heavy (non-hydrogen) atoms.